The fourth-order valence-corrected chi connectivity index (χ4v) is 5.28. The second-order valence-corrected chi connectivity index (χ2v) is 9.89. The number of amides is 1. The zero-order valence-electron chi connectivity index (χ0n) is 21.1. The summed E-state index contributed by atoms with van der Waals surface area (Å²) in [4.78, 5) is 12.8. The number of halogens is 3. The summed E-state index contributed by atoms with van der Waals surface area (Å²) in [6, 6.07) is 17.9. The Bertz CT molecular complexity index is 1510. The first-order valence-corrected chi connectivity index (χ1v) is 12.6. The van der Waals surface area contributed by atoms with Crippen molar-refractivity contribution in [2.45, 2.75) is 45.7 Å². The molecular formula is C30H28F3N3O2. The highest BCUT2D eigenvalue weighted by Crippen LogP contribution is 2.40. The van der Waals surface area contributed by atoms with E-state index in [-0.39, 0.29) is 34.5 Å². The van der Waals surface area contributed by atoms with Gasteiger partial charge in [-0.3, -0.25) is 9.36 Å². The molecule has 5 nitrogen and oxygen atoms in total. The monoisotopic (exact) mass is 519 g/mol. The fourth-order valence-electron chi connectivity index (χ4n) is 5.28. The van der Waals surface area contributed by atoms with Crippen LogP contribution in [-0.2, 0) is 11.0 Å². The van der Waals surface area contributed by atoms with Crippen molar-refractivity contribution >= 4 is 22.5 Å². The molecule has 1 aliphatic carbocycles. The van der Waals surface area contributed by atoms with E-state index in [0.29, 0.717) is 16.6 Å². The lowest BCUT2D eigenvalue weighted by molar-refractivity contribution is -0.137. The van der Waals surface area contributed by atoms with Crippen LogP contribution in [0, 0.1) is 19.8 Å². The summed E-state index contributed by atoms with van der Waals surface area (Å²) in [7, 11) is 0. The highest BCUT2D eigenvalue weighted by Gasteiger charge is 2.33. The number of rotatable bonds is 5. The Morgan fingerprint density at radius 3 is 2.26 bits per heavy atom. The summed E-state index contributed by atoms with van der Waals surface area (Å²) in [5, 5.41) is 16.5. The summed E-state index contributed by atoms with van der Waals surface area (Å²) in [6.07, 6.45) is -1.01. The number of aromatic hydroxyl groups is 1. The number of hydrogen-bond acceptors (Lipinski definition) is 3. The number of fused-ring (bicyclic) bond motifs is 1. The maximum atomic E-state index is 13.7. The minimum Gasteiger partial charge on any atom is -0.494 e. The second-order valence-electron chi connectivity index (χ2n) is 9.89. The molecule has 38 heavy (non-hydrogen) atoms. The van der Waals surface area contributed by atoms with Gasteiger partial charge < -0.3 is 5.11 Å². The van der Waals surface area contributed by atoms with Crippen molar-refractivity contribution in [3.63, 3.8) is 0 Å². The van der Waals surface area contributed by atoms with E-state index in [9.17, 15) is 23.1 Å². The van der Waals surface area contributed by atoms with E-state index in [1.54, 1.807) is 36.4 Å². The Morgan fingerprint density at radius 2 is 1.63 bits per heavy atom. The van der Waals surface area contributed by atoms with Crippen LogP contribution in [0.3, 0.4) is 0 Å². The third-order valence-corrected chi connectivity index (χ3v) is 7.02. The Balaban J connectivity index is 1.76. The highest BCUT2D eigenvalue weighted by atomic mass is 19.4. The lowest BCUT2D eigenvalue weighted by atomic mass is 10.0. The Hall–Kier alpha value is -4.07. The molecule has 0 spiro atoms. The average molecular weight is 520 g/mol. The van der Waals surface area contributed by atoms with E-state index < -0.39 is 11.7 Å². The summed E-state index contributed by atoms with van der Waals surface area (Å²) < 4.78 is 42.6. The van der Waals surface area contributed by atoms with Gasteiger partial charge in [0.1, 0.15) is 5.71 Å². The number of carbonyl (C=O) groups excluding carboxylic acids is 1. The van der Waals surface area contributed by atoms with Crippen molar-refractivity contribution < 1.29 is 23.1 Å². The lowest BCUT2D eigenvalue weighted by Crippen LogP contribution is -2.26. The Labute approximate surface area is 218 Å². The maximum absolute atomic E-state index is 13.7. The molecule has 3 aromatic carbocycles. The summed E-state index contributed by atoms with van der Waals surface area (Å²) in [6.45, 7) is 3.77. The number of nitrogens with one attached hydrogen (secondary N) is 1. The standard InChI is InChI=1S/C30H28F3N3O2/c1-18-14-19(2)16-23(15-18)36-25-17-22(30(31,32)33)12-13-24(25)26(29(36)38)27(20-8-4-3-5-9-20)34-35-28(37)21-10-6-7-11-21/h3-5,8-9,12-17,21,38H,6-7,10-11H2,1-2H3,(H,35,37). The van der Waals surface area contributed by atoms with Crippen LogP contribution in [0.4, 0.5) is 13.2 Å². The SMILES string of the molecule is Cc1cc(C)cc(-n2c(O)c(C(=NNC(=O)C3CCCC3)c3ccccc3)c3ccc(C(F)(F)F)cc32)c1. The van der Waals surface area contributed by atoms with Crippen LogP contribution in [0.1, 0.15) is 53.5 Å². The van der Waals surface area contributed by atoms with E-state index in [1.165, 1.54) is 10.6 Å². The van der Waals surface area contributed by atoms with Crippen LogP contribution in [-0.4, -0.2) is 21.3 Å². The normalized spacial score (nSPS) is 14.8. The fraction of sp³-hybridized carbons (Fsp3) is 0.267. The molecular weight excluding hydrogens is 491 g/mol. The molecule has 0 unspecified atom stereocenters. The van der Waals surface area contributed by atoms with Crippen LogP contribution < -0.4 is 5.43 Å². The molecule has 1 fully saturated rings. The third-order valence-electron chi connectivity index (χ3n) is 7.02. The predicted octanol–water partition coefficient (Wildman–Crippen LogP) is 7.03. The molecule has 196 valence electrons. The first kappa shape index (κ1) is 25.6. The van der Waals surface area contributed by atoms with Gasteiger partial charge in [0, 0.05) is 22.6 Å². The van der Waals surface area contributed by atoms with E-state index in [0.717, 1.165) is 48.9 Å². The molecule has 8 heteroatoms. The van der Waals surface area contributed by atoms with Gasteiger partial charge in [-0.15, -0.1) is 0 Å². The highest BCUT2D eigenvalue weighted by molar-refractivity contribution is 6.21. The molecule has 2 N–H and O–H groups in total. The van der Waals surface area contributed by atoms with Gasteiger partial charge in [-0.2, -0.15) is 18.3 Å². The molecule has 0 radical (unpaired) electrons. The number of hydrogen-bond donors (Lipinski definition) is 2. The molecule has 0 atom stereocenters. The molecule has 1 heterocycles. The maximum Gasteiger partial charge on any atom is 0.416 e. The van der Waals surface area contributed by atoms with Gasteiger partial charge >= 0.3 is 6.18 Å². The summed E-state index contributed by atoms with van der Waals surface area (Å²) in [5.74, 6) is -0.592. The number of aromatic nitrogens is 1. The van der Waals surface area contributed by atoms with E-state index >= 15 is 0 Å². The number of nitrogens with zero attached hydrogens (tertiary/aromatic N) is 2. The van der Waals surface area contributed by atoms with E-state index in [2.05, 4.69) is 10.5 Å². The Morgan fingerprint density at radius 1 is 0.974 bits per heavy atom. The lowest BCUT2D eigenvalue weighted by Gasteiger charge is -2.12. The van der Waals surface area contributed by atoms with Gasteiger partial charge in [-0.25, -0.2) is 5.43 Å². The van der Waals surface area contributed by atoms with Gasteiger partial charge in [0.2, 0.25) is 11.8 Å². The van der Waals surface area contributed by atoms with Crippen LogP contribution in [0.25, 0.3) is 16.6 Å². The van der Waals surface area contributed by atoms with Crippen molar-refractivity contribution in [3.05, 3.63) is 94.5 Å². The number of carbonyl (C=O) groups is 1. The van der Waals surface area contributed by atoms with Crippen LogP contribution in [0.2, 0.25) is 0 Å². The molecule has 0 aliphatic heterocycles. The van der Waals surface area contributed by atoms with Gasteiger partial charge in [-0.1, -0.05) is 55.3 Å². The molecule has 0 bridgehead atoms. The molecule has 5 rings (SSSR count). The van der Waals surface area contributed by atoms with Crippen molar-refractivity contribution in [1.29, 1.82) is 0 Å². The van der Waals surface area contributed by atoms with Crippen LogP contribution in [0.15, 0.2) is 71.8 Å². The van der Waals surface area contributed by atoms with Gasteiger partial charge in [0.05, 0.1) is 16.6 Å². The minimum absolute atomic E-state index is 0.129. The molecule has 1 amide bonds. The van der Waals surface area contributed by atoms with E-state index in [1.807, 2.05) is 26.0 Å². The van der Waals surface area contributed by atoms with Gasteiger partial charge in [0.25, 0.3) is 0 Å². The zero-order chi connectivity index (χ0) is 27.0. The minimum atomic E-state index is -4.56. The van der Waals surface area contributed by atoms with E-state index in [4.69, 9.17) is 0 Å². The topological polar surface area (TPSA) is 66.6 Å². The van der Waals surface area contributed by atoms with Crippen molar-refractivity contribution in [2.24, 2.45) is 11.0 Å². The predicted molar refractivity (Wildman–Crippen MR) is 142 cm³/mol. The quantitative estimate of drug-likeness (QED) is 0.220. The number of hydrazone groups is 1. The average Bonchev–Trinajstić information content (AvgIpc) is 3.50. The number of benzene rings is 3. The Kier molecular flexibility index (Phi) is 6.73. The first-order chi connectivity index (χ1) is 18.1. The van der Waals surface area contributed by atoms with Crippen molar-refractivity contribution in [1.82, 2.24) is 9.99 Å². The number of alkyl halides is 3. The summed E-state index contributed by atoms with van der Waals surface area (Å²) >= 11 is 0. The molecule has 1 aromatic heterocycles. The molecule has 1 aliphatic rings. The van der Waals surface area contributed by atoms with Gasteiger partial charge in [-0.05, 0) is 62.1 Å². The molecule has 4 aromatic rings. The van der Waals surface area contributed by atoms with Crippen LogP contribution in [0.5, 0.6) is 5.88 Å². The molecule has 1 saturated carbocycles. The largest absolute Gasteiger partial charge is 0.494 e. The second kappa shape index (κ2) is 10.0. The third kappa shape index (κ3) is 4.90. The number of aryl methyl sites for hydroxylation is 2. The van der Waals surface area contributed by atoms with Crippen molar-refractivity contribution in [3.8, 4) is 11.6 Å². The zero-order valence-corrected chi connectivity index (χ0v) is 21.1. The smallest absolute Gasteiger partial charge is 0.416 e. The van der Waals surface area contributed by atoms with Crippen molar-refractivity contribution in [2.75, 3.05) is 0 Å². The van der Waals surface area contributed by atoms with Gasteiger partial charge in [0.15, 0.2) is 0 Å². The summed E-state index contributed by atoms with van der Waals surface area (Å²) in [5.41, 5.74) is 5.46. The van der Waals surface area contributed by atoms with Crippen LogP contribution >= 0.6 is 0 Å². The molecule has 0 saturated heterocycles. The first-order valence-electron chi connectivity index (χ1n) is 12.6.